The van der Waals surface area contributed by atoms with Gasteiger partial charge in [0, 0.05) is 38.1 Å². The third-order valence-corrected chi connectivity index (χ3v) is 4.92. The quantitative estimate of drug-likeness (QED) is 0.757. The molecule has 3 aromatic rings. The van der Waals surface area contributed by atoms with Gasteiger partial charge in [-0.25, -0.2) is 4.98 Å². The molecule has 2 amide bonds. The van der Waals surface area contributed by atoms with Crippen molar-refractivity contribution >= 4 is 22.8 Å². The van der Waals surface area contributed by atoms with Crippen molar-refractivity contribution in [3.8, 4) is 0 Å². The summed E-state index contributed by atoms with van der Waals surface area (Å²) in [5.74, 6) is -0.131. The van der Waals surface area contributed by atoms with E-state index in [0.717, 1.165) is 17.6 Å². The van der Waals surface area contributed by atoms with Crippen LogP contribution >= 0.6 is 0 Å². The summed E-state index contributed by atoms with van der Waals surface area (Å²) in [5, 5.41) is 0. The summed E-state index contributed by atoms with van der Waals surface area (Å²) >= 11 is 0. The summed E-state index contributed by atoms with van der Waals surface area (Å²) in [7, 11) is 0. The highest BCUT2D eigenvalue weighted by Crippen LogP contribution is 2.14. The Morgan fingerprint density at radius 3 is 2.37 bits per heavy atom. The molecule has 0 unspecified atom stereocenters. The van der Waals surface area contributed by atoms with E-state index in [1.165, 1.54) is 6.20 Å². The van der Waals surface area contributed by atoms with E-state index in [2.05, 4.69) is 15.0 Å². The number of nitrogens with one attached hydrogen (secondary N) is 1. The van der Waals surface area contributed by atoms with Crippen LogP contribution in [0, 0.1) is 6.92 Å². The lowest BCUT2D eigenvalue weighted by Gasteiger charge is -2.22. The van der Waals surface area contributed by atoms with Gasteiger partial charge in [0.2, 0.25) is 0 Å². The molecule has 0 bridgehead atoms. The monoisotopic (exact) mass is 363 g/mol. The maximum atomic E-state index is 12.9. The van der Waals surface area contributed by atoms with Crippen LogP contribution in [0.1, 0.15) is 33.0 Å². The number of nitrogens with zero attached hydrogens (tertiary/aromatic N) is 4. The number of carbonyl (C=O) groups excluding carboxylic acids is 2. The molecule has 4 rings (SSSR count). The predicted molar refractivity (Wildman–Crippen MR) is 101 cm³/mol. The molecule has 0 radical (unpaired) electrons. The van der Waals surface area contributed by atoms with Crippen LogP contribution in [0.5, 0.6) is 0 Å². The number of aromatic amines is 1. The Labute approximate surface area is 157 Å². The Kier molecular flexibility index (Phi) is 4.58. The van der Waals surface area contributed by atoms with Crippen LogP contribution < -0.4 is 0 Å². The van der Waals surface area contributed by atoms with E-state index in [-0.39, 0.29) is 11.8 Å². The molecule has 7 nitrogen and oxygen atoms in total. The van der Waals surface area contributed by atoms with Crippen LogP contribution in [-0.2, 0) is 0 Å². The highest BCUT2D eigenvalue weighted by molar-refractivity contribution is 5.96. The number of H-pyrrole nitrogens is 1. The maximum absolute atomic E-state index is 12.9. The van der Waals surface area contributed by atoms with Crippen molar-refractivity contribution in [2.75, 3.05) is 26.2 Å². The van der Waals surface area contributed by atoms with Crippen LogP contribution in [-0.4, -0.2) is 62.7 Å². The predicted octanol–water partition coefficient (Wildman–Crippen LogP) is 2.25. The molecule has 7 heteroatoms. The second-order valence-electron chi connectivity index (χ2n) is 6.70. The van der Waals surface area contributed by atoms with Gasteiger partial charge >= 0.3 is 0 Å². The summed E-state index contributed by atoms with van der Waals surface area (Å²) < 4.78 is 0. The zero-order valence-electron chi connectivity index (χ0n) is 15.2. The van der Waals surface area contributed by atoms with Crippen LogP contribution in [0.3, 0.4) is 0 Å². The second kappa shape index (κ2) is 7.19. The lowest BCUT2D eigenvalue weighted by molar-refractivity contribution is 0.0715. The van der Waals surface area contributed by atoms with E-state index in [9.17, 15) is 9.59 Å². The number of para-hydroxylation sites is 2. The van der Waals surface area contributed by atoms with Crippen molar-refractivity contribution in [2.24, 2.45) is 0 Å². The van der Waals surface area contributed by atoms with Gasteiger partial charge in [-0.2, -0.15) is 0 Å². The minimum Gasteiger partial charge on any atom is -0.365 e. The SMILES string of the molecule is Cc1[nH]ccc1C(=O)N1CCCN(C(=O)c2cnc3ccccc3n2)CC1. The van der Waals surface area contributed by atoms with E-state index in [1.54, 1.807) is 17.2 Å². The Morgan fingerprint density at radius 2 is 1.67 bits per heavy atom. The number of benzene rings is 1. The molecule has 1 fully saturated rings. The van der Waals surface area contributed by atoms with Crippen molar-refractivity contribution in [1.29, 1.82) is 0 Å². The van der Waals surface area contributed by atoms with Gasteiger partial charge in [0.05, 0.1) is 22.8 Å². The molecule has 2 aromatic heterocycles. The van der Waals surface area contributed by atoms with Crippen LogP contribution in [0.4, 0.5) is 0 Å². The number of hydrogen-bond acceptors (Lipinski definition) is 4. The average Bonchev–Trinajstić information content (AvgIpc) is 2.98. The standard InChI is InChI=1S/C20H21N5O2/c1-14-15(7-8-21-14)19(26)24-9-4-10-25(12-11-24)20(27)18-13-22-16-5-2-3-6-17(16)23-18/h2-3,5-8,13,21H,4,9-12H2,1H3. The second-order valence-corrected chi connectivity index (χ2v) is 6.70. The molecular weight excluding hydrogens is 342 g/mol. The Morgan fingerprint density at radius 1 is 0.963 bits per heavy atom. The molecule has 1 aliphatic heterocycles. The topological polar surface area (TPSA) is 82.2 Å². The van der Waals surface area contributed by atoms with Gasteiger partial charge in [-0.1, -0.05) is 12.1 Å². The van der Waals surface area contributed by atoms with E-state index >= 15 is 0 Å². The van der Waals surface area contributed by atoms with Gasteiger partial charge in [-0.05, 0) is 31.5 Å². The van der Waals surface area contributed by atoms with E-state index in [0.29, 0.717) is 43.0 Å². The molecule has 27 heavy (non-hydrogen) atoms. The number of carbonyl (C=O) groups is 2. The molecule has 0 atom stereocenters. The first-order valence-electron chi connectivity index (χ1n) is 9.08. The van der Waals surface area contributed by atoms with Gasteiger partial charge in [-0.3, -0.25) is 14.6 Å². The molecule has 1 aromatic carbocycles. The largest absolute Gasteiger partial charge is 0.365 e. The number of aryl methyl sites for hydroxylation is 1. The minimum absolute atomic E-state index is 0.00791. The number of amides is 2. The smallest absolute Gasteiger partial charge is 0.274 e. The summed E-state index contributed by atoms with van der Waals surface area (Å²) in [4.78, 5) is 41.0. The molecular formula is C20H21N5O2. The fourth-order valence-electron chi connectivity index (χ4n) is 3.40. The zero-order valence-corrected chi connectivity index (χ0v) is 15.2. The first-order valence-corrected chi connectivity index (χ1v) is 9.08. The fourth-order valence-corrected chi connectivity index (χ4v) is 3.40. The molecule has 0 aliphatic carbocycles. The van der Waals surface area contributed by atoms with Gasteiger partial charge in [0.15, 0.2) is 0 Å². The molecule has 138 valence electrons. The molecule has 1 N–H and O–H groups in total. The van der Waals surface area contributed by atoms with Crippen LogP contribution in [0.15, 0.2) is 42.7 Å². The van der Waals surface area contributed by atoms with Gasteiger partial charge in [-0.15, -0.1) is 0 Å². The van der Waals surface area contributed by atoms with Crippen molar-refractivity contribution in [1.82, 2.24) is 24.8 Å². The first-order chi connectivity index (χ1) is 13.1. The number of rotatable bonds is 2. The zero-order chi connectivity index (χ0) is 18.8. The molecule has 1 saturated heterocycles. The fraction of sp³-hybridized carbons (Fsp3) is 0.300. The Balaban J connectivity index is 1.48. The summed E-state index contributed by atoms with van der Waals surface area (Å²) in [6, 6.07) is 9.29. The van der Waals surface area contributed by atoms with E-state index in [1.807, 2.05) is 36.1 Å². The normalized spacial score (nSPS) is 15.0. The van der Waals surface area contributed by atoms with Gasteiger partial charge < -0.3 is 14.8 Å². The number of fused-ring (bicyclic) bond motifs is 1. The molecule has 3 heterocycles. The Bertz CT molecular complexity index is 997. The summed E-state index contributed by atoms with van der Waals surface area (Å²) in [6.07, 6.45) is 4.04. The highest BCUT2D eigenvalue weighted by Gasteiger charge is 2.25. The Hall–Kier alpha value is -3.22. The van der Waals surface area contributed by atoms with Crippen molar-refractivity contribution < 1.29 is 9.59 Å². The van der Waals surface area contributed by atoms with E-state index < -0.39 is 0 Å². The van der Waals surface area contributed by atoms with Crippen LogP contribution in [0.2, 0.25) is 0 Å². The highest BCUT2D eigenvalue weighted by atomic mass is 16.2. The molecule has 0 spiro atoms. The molecule has 1 aliphatic rings. The minimum atomic E-state index is -0.139. The first kappa shape index (κ1) is 17.2. The summed E-state index contributed by atoms with van der Waals surface area (Å²) in [6.45, 7) is 4.12. The number of hydrogen-bond donors (Lipinski definition) is 1. The van der Waals surface area contributed by atoms with Crippen molar-refractivity contribution in [2.45, 2.75) is 13.3 Å². The van der Waals surface area contributed by atoms with Crippen molar-refractivity contribution in [3.63, 3.8) is 0 Å². The third-order valence-electron chi connectivity index (χ3n) is 4.92. The maximum Gasteiger partial charge on any atom is 0.274 e. The molecule has 0 saturated carbocycles. The van der Waals surface area contributed by atoms with Gasteiger partial charge in [0.25, 0.3) is 11.8 Å². The lowest BCUT2D eigenvalue weighted by Crippen LogP contribution is -2.37. The average molecular weight is 363 g/mol. The van der Waals surface area contributed by atoms with Crippen LogP contribution in [0.25, 0.3) is 11.0 Å². The third kappa shape index (κ3) is 3.40. The van der Waals surface area contributed by atoms with E-state index in [4.69, 9.17) is 0 Å². The summed E-state index contributed by atoms with van der Waals surface area (Å²) in [5.41, 5.74) is 3.37. The van der Waals surface area contributed by atoms with Gasteiger partial charge in [0.1, 0.15) is 5.69 Å². The lowest BCUT2D eigenvalue weighted by atomic mass is 10.2. The van der Waals surface area contributed by atoms with Crippen molar-refractivity contribution in [3.05, 3.63) is 59.7 Å². The number of aromatic nitrogens is 3.